The molecule has 0 N–H and O–H groups in total. The third kappa shape index (κ3) is 4.03. The Hall–Kier alpha value is -2.30. The maximum atomic E-state index is 12.8. The van der Waals surface area contributed by atoms with Crippen molar-refractivity contribution < 1.29 is 4.79 Å². The molecule has 0 radical (unpaired) electrons. The highest BCUT2D eigenvalue weighted by Gasteiger charge is 2.18. The summed E-state index contributed by atoms with van der Waals surface area (Å²) in [6, 6.07) is 16.8. The van der Waals surface area contributed by atoms with E-state index < -0.39 is 0 Å². The zero-order valence-electron chi connectivity index (χ0n) is 13.7. The average molecular weight is 374 g/mol. The number of rotatable bonds is 5. The summed E-state index contributed by atoms with van der Waals surface area (Å²) in [6.45, 7) is 2.95. The molecule has 0 saturated heterocycles. The molecular weight excluding hydrogens is 357 g/mol. The van der Waals surface area contributed by atoms with E-state index in [1.165, 1.54) is 0 Å². The van der Waals surface area contributed by atoms with Crippen LogP contribution >= 0.6 is 23.2 Å². The van der Waals surface area contributed by atoms with E-state index in [0.29, 0.717) is 28.8 Å². The van der Waals surface area contributed by atoms with Gasteiger partial charge >= 0.3 is 0 Å². The number of amides is 1. The van der Waals surface area contributed by atoms with Crippen molar-refractivity contribution in [3.05, 3.63) is 82.1 Å². The second kappa shape index (κ2) is 7.72. The first-order valence-electron chi connectivity index (χ1n) is 7.92. The summed E-state index contributed by atoms with van der Waals surface area (Å²) >= 11 is 12.0. The zero-order chi connectivity index (χ0) is 17.8. The minimum Gasteiger partial charge on any atom is -0.333 e. The molecule has 4 nitrogen and oxygen atoms in total. The van der Waals surface area contributed by atoms with E-state index in [1.54, 1.807) is 34.0 Å². The van der Waals surface area contributed by atoms with Crippen molar-refractivity contribution >= 4 is 29.1 Å². The van der Waals surface area contributed by atoms with Crippen LogP contribution in [0.4, 0.5) is 0 Å². The minimum atomic E-state index is -0.122. The van der Waals surface area contributed by atoms with Crippen molar-refractivity contribution in [2.75, 3.05) is 6.54 Å². The lowest BCUT2D eigenvalue weighted by Gasteiger charge is -2.20. The highest BCUT2D eigenvalue weighted by Crippen LogP contribution is 2.23. The van der Waals surface area contributed by atoms with E-state index >= 15 is 0 Å². The average Bonchev–Trinajstić information content (AvgIpc) is 3.13. The molecule has 0 fully saturated rings. The smallest absolute Gasteiger partial charge is 0.274 e. The van der Waals surface area contributed by atoms with Gasteiger partial charge in [0.05, 0.1) is 15.7 Å². The number of aromatic nitrogens is 2. The molecule has 0 aliphatic heterocycles. The highest BCUT2D eigenvalue weighted by molar-refractivity contribution is 6.42. The van der Waals surface area contributed by atoms with E-state index in [-0.39, 0.29) is 5.91 Å². The van der Waals surface area contributed by atoms with Crippen molar-refractivity contribution in [2.24, 2.45) is 0 Å². The maximum absolute atomic E-state index is 12.8. The molecule has 1 aromatic heterocycles. The van der Waals surface area contributed by atoms with E-state index in [1.807, 2.05) is 43.3 Å². The van der Waals surface area contributed by atoms with Gasteiger partial charge in [-0.2, -0.15) is 5.10 Å². The van der Waals surface area contributed by atoms with Gasteiger partial charge in [-0.1, -0.05) is 47.5 Å². The number of para-hydroxylation sites is 1. The van der Waals surface area contributed by atoms with E-state index in [2.05, 4.69) is 5.10 Å². The normalized spacial score (nSPS) is 10.7. The molecule has 0 spiro atoms. The predicted octanol–water partition coefficient (Wildman–Crippen LogP) is 4.84. The molecule has 128 valence electrons. The zero-order valence-corrected chi connectivity index (χ0v) is 15.2. The van der Waals surface area contributed by atoms with Crippen LogP contribution in [0.15, 0.2) is 60.8 Å². The van der Waals surface area contributed by atoms with Crippen LogP contribution in [-0.2, 0) is 6.54 Å². The lowest BCUT2D eigenvalue weighted by molar-refractivity contribution is 0.0746. The van der Waals surface area contributed by atoms with Gasteiger partial charge in [-0.25, -0.2) is 4.68 Å². The summed E-state index contributed by atoms with van der Waals surface area (Å²) in [5.41, 5.74) is 2.24. The van der Waals surface area contributed by atoms with E-state index in [9.17, 15) is 4.79 Å². The maximum Gasteiger partial charge on any atom is 0.274 e. The molecule has 25 heavy (non-hydrogen) atoms. The molecule has 2 aromatic carbocycles. The monoisotopic (exact) mass is 373 g/mol. The molecule has 0 unspecified atom stereocenters. The van der Waals surface area contributed by atoms with Crippen molar-refractivity contribution in [3.63, 3.8) is 0 Å². The second-order valence-electron chi connectivity index (χ2n) is 5.55. The Kier molecular flexibility index (Phi) is 5.41. The molecule has 0 aliphatic rings. The highest BCUT2D eigenvalue weighted by atomic mass is 35.5. The number of carbonyl (C=O) groups is 1. The molecule has 1 heterocycles. The Labute approximate surface area is 156 Å². The Morgan fingerprint density at radius 3 is 2.52 bits per heavy atom. The van der Waals surface area contributed by atoms with Crippen LogP contribution in [0.5, 0.6) is 0 Å². The molecule has 0 saturated carbocycles. The quantitative estimate of drug-likeness (QED) is 0.641. The largest absolute Gasteiger partial charge is 0.333 e. The van der Waals surface area contributed by atoms with Gasteiger partial charge in [0.1, 0.15) is 0 Å². The Morgan fingerprint density at radius 2 is 1.84 bits per heavy atom. The first-order valence-corrected chi connectivity index (χ1v) is 8.68. The SMILES string of the molecule is CCN(Cc1ccc(Cl)c(Cl)c1)C(=O)c1ccn(-c2ccccc2)n1. The lowest BCUT2D eigenvalue weighted by atomic mass is 10.2. The van der Waals surface area contributed by atoms with Gasteiger partial charge in [-0.05, 0) is 42.8 Å². The van der Waals surface area contributed by atoms with Crippen LogP contribution in [-0.4, -0.2) is 27.1 Å². The number of halogens is 2. The third-order valence-corrected chi connectivity index (χ3v) is 4.59. The first kappa shape index (κ1) is 17.5. The van der Waals surface area contributed by atoms with Gasteiger partial charge in [-0.15, -0.1) is 0 Å². The fourth-order valence-electron chi connectivity index (χ4n) is 2.51. The van der Waals surface area contributed by atoms with E-state index in [4.69, 9.17) is 23.2 Å². The summed E-state index contributed by atoms with van der Waals surface area (Å²) in [5.74, 6) is -0.122. The van der Waals surface area contributed by atoms with Gasteiger partial charge < -0.3 is 4.90 Å². The van der Waals surface area contributed by atoms with Crippen LogP contribution in [0, 0.1) is 0 Å². The van der Waals surface area contributed by atoms with Crippen LogP contribution in [0.1, 0.15) is 23.0 Å². The van der Waals surface area contributed by atoms with Gasteiger partial charge in [0.15, 0.2) is 5.69 Å². The summed E-state index contributed by atoms with van der Waals surface area (Å²) in [5, 5.41) is 5.38. The Balaban J connectivity index is 1.78. The fourth-order valence-corrected chi connectivity index (χ4v) is 2.83. The van der Waals surface area contributed by atoms with Crippen molar-refractivity contribution in [2.45, 2.75) is 13.5 Å². The van der Waals surface area contributed by atoms with Crippen LogP contribution in [0.3, 0.4) is 0 Å². The third-order valence-electron chi connectivity index (χ3n) is 3.86. The molecule has 1 amide bonds. The topological polar surface area (TPSA) is 38.1 Å². The minimum absolute atomic E-state index is 0.122. The van der Waals surface area contributed by atoms with Gasteiger partial charge in [-0.3, -0.25) is 4.79 Å². The van der Waals surface area contributed by atoms with Crippen molar-refractivity contribution in [1.82, 2.24) is 14.7 Å². The number of benzene rings is 2. The lowest BCUT2D eigenvalue weighted by Crippen LogP contribution is -2.30. The van der Waals surface area contributed by atoms with Crippen molar-refractivity contribution in [1.29, 1.82) is 0 Å². The number of nitrogens with zero attached hydrogens (tertiary/aromatic N) is 3. The Bertz CT molecular complexity index is 877. The molecule has 0 atom stereocenters. The summed E-state index contributed by atoms with van der Waals surface area (Å²) in [4.78, 5) is 14.5. The number of hydrogen-bond acceptors (Lipinski definition) is 2. The molecule has 0 bridgehead atoms. The summed E-state index contributed by atoms with van der Waals surface area (Å²) in [6.07, 6.45) is 1.79. The first-order chi connectivity index (χ1) is 12.1. The van der Waals surface area contributed by atoms with Crippen molar-refractivity contribution in [3.8, 4) is 5.69 Å². The standard InChI is InChI=1S/C19H17Cl2N3O/c1-2-23(13-14-8-9-16(20)17(21)12-14)19(25)18-10-11-24(22-18)15-6-4-3-5-7-15/h3-12H,2,13H2,1H3. The molecule has 3 aromatic rings. The second-order valence-corrected chi connectivity index (χ2v) is 6.36. The summed E-state index contributed by atoms with van der Waals surface area (Å²) < 4.78 is 1.69. The van der Waals surface area contributed by atoms with Gasteiger partial charge in [0.2, 0.25) is 0 Å². The molecule has 3 rings (SSSR count). The number of hydrogen-bond donors (Lipinski definition) is 0. The van der Waals surface area contributed by atoms with Crippen LogP contribution < -0.4 is 0 Å². The fraction of sp³-hybridized carbons (Fsp3) is 0.158. The van der Waals surface area contributed by atoms with Crippen LogP contribution in [0.25, 0.3) is 5.69 Å². The van der Waals surface area contributed by atoms with E-state index in [0.717, 1.165) is 11.3 Å². The predicted molar refractivity (Wildman–Crippen MR) is 100 cm³/mol. The van der Waals surface area contributed by atoms with Gasteiger partial charge in [0.25, 0.3) is 5.91 Å². The Morgan fingerprint density at radius 1 is 1.08 bits per heavy atom. The van der Waals surface area contributed by atoms with Crippen LogP contribution in [0.2, 0.25) is 10.0 Å². The van der Waals surface area contributed by atoms with Gasteiger partial charge in [0, 0.05) is 19.3 Å². The molecule has 6 heteroatoms. The number of carbonyl (C=O) groups excluding carboxylic acids is 1. The molecule has 0 aliphatic carbocycles. The summed E-state index contributed by atoms with van der Waals surface area (Å²) in [7, 11) is 0. The molecular formula is C19H17Cl2N3O.